The van der Waals surface area contributed by atoms with E-state index >= 15 is 0 Å². The molecule has 0 saturated carbocycles. The van der Waals surface area contributed by atoms with Crippen LogP contribution in [0, 0.1) is 0 Å². The van der Waals surface area contributed by atoms with Gasteiger partial charge in [0.1, 0.15) is 0 Å². The zero-order chi connectivity index (χ0) is 19.5. The zero-order valence-electron chi connectivity index (χ0n) is 15.9. The molecule has 0 heterocycles. The summed E-state index contributed by atoms with van der Waals surface area (Å²) in [7, 11) is 0. The van der Waals surface area contributed by atoms with Crippen molar-refractivity contribution in [3.05, 3.63) is 145 Å². The second-order valence-corrected chi connectivity index (χ2v) is 5.90. The van der Waals surface area contributed by atoms with Crippen molar-refractivity contribution in [2.45, 2.75) is 6.92 Å². The highest BCUT2D eigenvalue weighted by atomic mass is 14.2. The van der Waals surface area contributed by atoms with E-state index in [-0.39, 0.29) is 0 Å². The molecular formula is C27H26. The van der Waals surface area contributed by atoms with Gasteiger partial charge in [-0.3, -0.25) is 0 Å². The Labute approximate surface area is 163 Å². The zero-order valence-corrected chi connectivity index (χ0v) is 15.9. The van der Waals surface area contributed by atoms with Crippen LogP contribution in [0.15, 0.2) is 134 Å². The Kier molecular flexibility index (Phi) is 7.81. The van der Waals surface area contributed by atoms with E-state index in [4.69, 9.17) is 0 Å². The lowest BCUT2D eigenvalue weighted by Gasteiger charge is -2.19. The third-order valence-corrected chi connectivity index (χ3v) is 4.11. The molecule has 0 fully saturated rings. The predicted octanol–water partition coefficient (Wildman–Crippen LogP) is 7.58. The van der Waals surface area contributed by atoms with Gasteiger partial charge in [-0.25, -0.2) is 0 Å². The highest BCUT2D eigenvalue weighted by molar-refractivity contribution is 6.06. The maximum absolute atomic E-state index is 4.05. The number of hydrogen-bond acceptors (Lipinski definition) is 0. The molecule has 0 nitrogen and oxygen atoms in total. The second kappa shape index (κ2) is 10.6. The number of allylic oxidation sites excluding steroid dienone is 11. The van der Waals surface area contributed by atoms with E-state index < -0.39 is 0 Å². The Morgan fingerprint density at radius 1 is 0.667 bits per heavy atom. The molecule has 134 valence electrons. The molecule has 0 N–H and O–H groups in total. The maximum atomic E-state index is 4.05. The van der Waals surface area contributed by atoms with Gasteiger partial charge in [0.15, 0.2) is 0 Å². The summed E-state index contributed by atoms with van der Waals surface area (Å²) in [5.41, 5.74) is 6.63. The molecular weight excluding hydrogens is 324 g/mol. The third-order valence-electron chi connectivity index (χ3n) is 4.11. The number of hydrogen-bond donors (Lipinski definition) is 0. The van der Waals surface area contributed by atoms with E-state index in [9.17, 15) is 0 Å². The van der Waals surface area contributed by atoms with Crippen LogP contribution in [0.2, 0.25) is 0 Å². The predicted molar refractivity (Wildman–Crippen MR) is 121 cm³/mol. The first-order valence-electron chi connectivity index (χ1n) is 9.03. The molecule has 2 aromatic rings. The molecule has 0 amide bonds. The Morgan fingerprint density at radius 3 is 1.52 bits per heavy atom. The standard InChI is InChI=1S/C27H26/c1-5-15-22(8-4)26(24-18-11-9-12-19-24)27(23(16-6-2)17-7-3)25-20-13-10-14-21-25/h5-21H,1-2,4H2,3H3/b17-7-,22-15+,23-16+,27-26+. The molecule has 2 aromatic carbocycles. The fourth-order valence-electron chi connectivity index (χ4n) is 3.03. The monoisotopic (exact) mass is 350 g/mol. The molecule has 0 aliphatic rings. The summed E-state index contributed by atoms with van der Waals surface area (Å²) in [6.07, 6.45) is 13.7. The van der Waals surface area contributed by atoms with E-state index in [2.05, 4.69) is 74.3 Å². The van der Waals surface area contributed by atoms with E-state index in [1.807, 2.05) is 49.4 Å². The lowest BCUT2D eigenvalue weighted by Crippen LogP contribution is -1.98. The normalized spacial score (nSPS) is 13.2. The summed E-state index contributed by atoms with van der Waals surface area (Å²) in [6, 6.07) is 20.8. The van der Waals surface area contributed by atoms with E-state index in [1.54, 1.807) is 6.08 Å². The van der Waals surface area contributed by atoms with Gasteiger partial charge in [0.2, 0.25) is 0 Å². The summed E-state index contributed by atoms with van der Waals surface area (Å²) in [5.74, 6) is 0. The van der Waals surface area contributed by atoms with Crippen molar-refractivity contribution < 1.29 is 0 Å². The van der Waals surface area contributed by atoms with Crippen molar-refractivity contribution in [3.63, 3.8) is 0 Å². The molecule has 0 spiro atoms. The number of benzene rings is 2. The highest BCUT2D eigenvalue weighted by Crippen LogP contribution is 2.37. The van der Waals surface area contributed by atoms with E-state index in [1.165, 1.54) is 0 Å². The fraction of sp³-hybridized carbons (Fsp3) is 0.0370. The van der Waals surface area contributed by atoms with Crippen molar-refractivity contribution >= 4 is 11.1 Å². The molecule has 2 rings (SSSR count). The average molecular weight is 351 g/mol. The Bertz CT molecular complexity index is 901. The Morgan fingerprint density at radius 2 is 1.11 bits per heavy atom. The largest absolute Gasteiger partial charge is 0.0990 e. The summed E-state index contributed by atoms with van der Waals surface area (Å²) >= 11 is 0. The number of rotatable bonds is 8. The third kappa shape index (κ3) is 5.05. The van der Waals surface area contributed by atoms with Gasteiger partial charge in [0.05, 0.1) is 0 Å². The van der Waals surface area contributed by atoms with Gasteiger partial charge in [0.25, 0.3) is 0 Å². The molecule has 0 unspecified atom stereocenters. The molecule has 0 aliphatic carbocycles. The minimum atomic E-state index is 1.02. The molecule has 0 saturated heterocycles. The average Bonchev–Trinajstić information content (AvgIpc) is 2.72. The van der Waals surface area contributed by atoms with Crippen molar-refractivity contribution in [3.8, 4) is 0 Å². The van der Waals surface area contributed by atoms with Gasteiger partial charge in [-0.1, -0.05) is 123 Å². The lowest BCUT2D eigenvalue weighted by molar-refractivity contribution is 1.52. The van der Waals surface area contributed by atoms with Gasteiger partial charge >= 0.3 is 0 Å². The van der Waals surface area contributed by atoms with Crippen LogP contribution >= 0.6 is 0 Å². The minimum Gasteiger partial charge on any atom is -0.0990 e. The summed E-state index contributed by atoms with van der Waals surface area (Å²) in [4.78, 5) is 0. The Balaban J connectivity index is 3.01. The van der Waals surface area contributed by atoms with Crippen LogP contribution in [-0.4, -0.2) is 0 Å². The van der Waals surface area contributed by atoms with E-state index in [0.717, 1.165) is 33.4 Å². The summed E-state index contributed by atoms with van der Waals surface area (Å²) in [6.45, 7) is 13.9. The molecule has 0 aromatic heterocycles. The first-order valence-corrected chi connectivity index (χ1v) is 9.03. The van der Waals surface area contributed by atoms with Gasteiger partial charge in [-0.05, 0) is 40.3 Å². The molecule has 0 heteroatoms. The molecule has 27 heavy (non-hydrogen) atoms. The van der Waals surface area contributed by atoms with Crippen LogP contribution in [0.5, 0.6) is 0 Å². The SMILES string of the molecule is C=C/C=C(C=C)/C(=C(C(/C=C\C)=C/C=C)\c1ccccc1)c1ccccc1. The van der Waals surface area contributed by atoms with Crippen molar-refractivity contribution in [1.82, 2.24) is 0 Å². The smallest absolute Gasteiger partial charge is 0.00269 e. The molecule has 0 bridgehead atoms. The van der Waals surface area contributed by atoms with Crippen LogP contribution in [0.25, 0.3) is 11.1 Å². The van der Waals surface area contributed by atoms with Gasteiger partial charge < -0.3 is 0 Å². The molecule has 0 radical (unpaired) electrons. The van der Waals surface area contributed by atoms with Gasteiger partial charge in [-0.15, -0.1) is 0 Å². The van der Waals surface area contributed by atoms with Crippen molar-refractivity contribution in [1.29, 1.82) is 0 Å². The first kappa shape index (κ1) is 19.9. The molecule has 0 aliphatic heterocycles. The van der Waals surface area contributed by atoms with Crippen LogP contribution in [0.1, 0.15) is 18.1 Å². The van der Waals surface area contributed by atoms with Crippen LogP contribution in [-0.2, 0) is 0 Å². The first-order chi connectivity index (χ1) is 13.3. The van der Waals surface area contributed by atoms with Crippen LogP contribution in [0.4, 0.5) is 0 Å². The second-order valence-electron chi connectivity index (χ2n) is 5.90. The quantitative estimate of drug-likeness (QED) is 0.340. The molecule has 0 atom stereocenters. The van der Waals surface area contributed by atoms with Gasteiger partial charge in [-0.2, -0.15) is 0 Å². The summed E-state index contributed by atoms with van der Waals surface area (Å²) < 4.78 is 0. The topological polar surface area (TPSA) is 0 Å². The van der Waals surface area contributed by atoms with Crippen LogP contribution in [0.3, 0.4) is 0 Å². The van der Waals surface area contributed by atoms with Crippen LogP contribution < -0.4 is 0 Å². The van der Waals surface area contributed by atoms with E-state index in [0.29, 0.717) is 0 Å². The van der Waals surface area contributed by atoms with Crippen molar-refractivity contribution in [2.24, 2.45) is 0 Å². The fourth-order valence-corrected chi connectivity index (χ4v) is 3.03. The highest BCUT2D eigenvalue weighted by Gasteiger charge is 2.16. The lowest BCUT2D eigenvalue weighted by atomic mass is 9.84. The van der Waals surface area contributed by atoms with Gasteiger partial charge in [0, 0.05) is 0 Å². The maximum Gasteiger partial charge on any atom is -0.00269 e. The minimum absolute atomic E-state index is 1.02. The summed E-state index contributed by atoms with van der Waals surface area (Å²) in [5, 5.41) is 0. The Hall–Kier alpha value is -3.38. The van der Waals surface area contributed by atoms with Crippen molar-refractivity contribution in [2.75, 3.05) is 0 Å².